The van der Waals surface area contributed by atoms with Gasteiger partial charge in [0, 0.05) is 0 Å². The Hall–Kier alpha value is -1.28. The minimum absolute atomic E-state index is 0.216. The smallest absolute Gasteiger partial charge is 0.420 e. The fourth-order valence-corrected chi connectivity index (χ4v) is 1.92. The maximum Gasteiger partial charge on any atom is 0.420 e. The maximum atomic E-state index is 12.8. The molecule has 0 amide bonds. The first kappa shape index (κ1) is 13.2. The Morgan fingerprint density at radius 1 is 1.28 bits per heavy atom. The summed E-state index contributed by atoms with van der Waals surface area (Å²) in [5.74, 6) is -0.364. The molecule has 1 saturated carbocycles. The van der Waals surface area contributed by atoms with Crippen LogP contribution in [-0.2, 0) is 16.2 Å². The molecule has 1 fully saturated rings. The van der Waals surface area contributed by atoms with E-state index >= 15 is 0 Å². The molecule has 100 valence electrons. The molecule has 2 rings (SSSR count). The van der Waals surface area contributed by atoms with E-state index in [1.807, 2.05) is 0 Å². The maximum absolute atomic E-state index is 12.8. The standard InChI is InChI=1S/C10H10F3NO3S/c11-10(12,13)8-5-7(18(14,15)16)3-4-9(8)17-6-1-2-6/h3-6H,1-2H2,(H2,14,15,16). The van der Waals surface area contributed by atoms with Gasteiger partial charge in [-0.1, -0.05) is 0 Å². The van der Waals surface area contributed by atoms with Crippen molar-refractivity contribution in [3.8, 4) is 5.75 Å². The molecule has 1 aliphatic rings. The van der Waals surface area contributed by atoms with Crippen LogP contribution in [0.1, 0.15) is 18.4 Å². The summed E-state index contributed by atoms with van der Waals surface area (Å²) in [7, 11) is -4.17. The van der Waals surface area contributed by atoms with Gasteiger partial charge in [0.1, 0.15) is 5.75 Å². The van der Waals surface area contributed by atoms with Crippen LogP contribution in [0.3, 0.4) is 0 Å². The van der Waals surface area contributed by atoms with Crippen LogP contribution in [0.5, 0.6) is 5.75 Å². The van der Waals surface area contributed by atoms with E-state index in [1.54, 1.807) is 0 Å². The molecule has 1 aliphatic carbocycles. The second-order valence-corrected chi connectivity index (χ2v) is 5.58. The largest absolute Gasteiger partial charge is 0.490 e. The number of benzene rings is 1. The van der Waals surface area contributed by atoms with Gasteiger partial charge in [0.25, 0.3) is 0 Å². The van der Waals surface area contributed by atoms with E-state index in [2.05, 4.69) is 0 Å². The van der Waals surface area contributed by atoms with Crippen LogP contribution < -0.4 is 9.88 Å². The van der Waals surface area contributed by atoms with Crippen molar-refractivity contribution in [3.05, 3.63) is 23.8 Å². The molecule has 0 bridgehead atoms. The number of hydrogen-bond donors (Lipinski definition) is 1. The Labute approximate surface area is 102 Å². The van der Waals surface area contributed by atoms with Crippen molar-refractivity contribution >= 4 is 10.0 Å². The van der Waals surface area contributed by atoms with E-state index in [0.717, 1.165) is 12.1 Å². The Morgan fingerprint density at radius 3 is 2.33 bits per heavy atom. The van der Waals surface area contributed by atoms with Gasteiger partial charge in [-0.25, -0.2) is 13.6 Å². The summed E-state index contributed by atoms with van der Waals surface area (Å²) >= 11 is 0. The van der Waals surface area contributed by atoms with Crippen LogP contribution in [0.15, 0.2) is 23.1 Å². The number of sulfonamides is 1. The van der Waals surface area contributed by atoms with Crippen LogP contribution in [-0.4, -0.2) is 14.5 Å². The molecular weight excluding hydrogens is 271 g/mol. The molecule has 0 saturated heterocycles. The number of rotatable bonds is 3. The highest BCUT2D eigenvalue weighted by atomic mass is 32.2. The number of alkyl halides is 3. The Bertz CT molecular complexity index is 564. The normalized spacial score (nSPS) is 16.7. The average Bonchev–Trinajstić information content (AvgIpc) is 2.98. The van der Waals surface area contributed by atoms with Crippen LogP contribution in [0, 0.1) is 0 Å². The van der Waals surface area contributed by atoms with Gasteiger partial charge >= 0.3 is 6.18 Å². The summed E-state index contributed by atoms with van der Waals surface area (Å²) in [6, 6.07) is 2.48. The molecule has 1 aromatic carbocycles. The molecule has 0 unspecified atom stereocenters. The molecule has 0 aliphatic heterocycles. The second-order valence-electron chi connectivity index (χ2n) is 4.02. The van der Waals surface area contributed by atoms with Crippen LogP contribution in [0.25, 0.3) is 0 Å². The molecule has 1 aromatic rings. The van der Waals surface area contributed by atoms with E-state index in [9.17, 15) is 21.6 Å². The van der Waals surface area contributed by atoms with Gasteiger partial charge < -0.3 is 4.74 Å². The van der Waals surface area contributed by atoms with Crippen molar-refractivity contribution in [2.24, 2.45) is 5.14 Å². The molecule has 0 heterocycles. The average molecular weight is 281 g/mol. The van der Waals surface area contributed by atoms with Gasteiger partial charge in [0.15, 0.2) is 0 Å². The van der Waals surface area contributed by atoms with Crippen molar-refractivity contribution in [1.82, 2.24) is 0 Å². The third kappa shape index (κ3) is 2.94. The zero-order valence-electron chi connectivity index (χ0n) is 9.07. The topological polar surface area (TPSA) is 69.4 Å². The molecule has 0 spiro atoms. The predicted octanol–water partition coefficient (Wildman–Crippen LogP) is 1.89. The monoisotopic (exact) mass is 281 g/mol. The van der Waals surface area contributed by atoms with Gasteiger partial charge in [-0.3, -0.25) is 0 Å². The van der Waals surface area contributed by atoms with E-state index in [1.165, 1.54) is 0 Å². The van der Waals surface area contributed by atoms with E-state index in [-0.39, 0.29) is 11.9 Å². The summed E-state index contributed by atoms with van der Waals surface area (Å²) in [4.78, 5) is -0.585. The molecule has 4 nitrogen and oxygen atoms in total. The second kappa shape index (κ2) is 4.13. The molecular formula is C10H10F3NO3S. The summed E-state index contributed by atoms with van der Waals surface area (Å²) in [6.07, 6.45) is -3.50. The Kier molecular flexibility index (Phi) is 3.02. The number of ether oxygens (including phenoxy) is 1. The Balaban J connectivity index is 2.47. The lowest BCUT2D eigenvalue weighted by molar-refractivity contribution is -0.139. The lowest BCUT2D eigenvalue weighted by Crippen LogP contribution is -2.15. The third-order valence-corrected chi connectivity index (χ3v) is 3.31. The molecule has 0 aromatic heterocycles. The highest BCUT2D eigenvalue weighted by molar-refractivity contribution is 7.89. The molecule has 18 heavy (non-hydrogen) atoms. The highest BCUT2D eigenvalue weighted by Gasteiger charge is 2.37. The number of nitrogens with two attached hydrogens (primary N) is 1. The first-order valence-corrected chi connectivity index (χ1v) is 6.63. The van der Waals surface area contributed by atoms with E-state index in [4.69, 9.17) is 9.88 Å². The van der Waals surface area contributed by atoms with Crippen molar-refractivity contribution in [1.29, 1.82) is 0 Å². The lowest BCUT2D eigenvalue weighted by atomic mass is 10.2. The fourth-order valence-electron chi connectivity index (χ4n) is 1.38. The predicted molar refractivity (Wildman–Crippen MR) is 56.5 cm³/mol. The molecule has 8 heteroatoms. The van der Waals surface area contributed by atoms with Gasteiger partial charge in [-0.15, -0.1) is 0 Å². The minimum Gasteiger partial charge on any atom is -0.490 e. The van der Waals surface area contributed by atoms with Crippen LogP contribution in [0.2, 0.25) is 0 Å². The quantitative estimate of drug-likeness (QED) is 0.919. The first-order chi connectivity index (χ1) is 8.18. The fraction of sp³-hybridized carbons (Fsp3) is 0.400. The lowest BCUT2D eigenvalue weighted by Gasteiger charge is -2.14. The zero-order valence-corrected chi connectivity index (χ0v) is 9.88. The van der Waals surface area contributed by atoms with Crippen molar-refractivity contribution in [2.45, 2.75) is 30.0 Å². The van der Waals surface area contributed by atoms with Crippen molar-refractivity contribution in [2.75, 3.05) is 0 Å². The molecule has 0 atom stereocenters. The van der Waals surface area contributed by atoms with Crippen molar-refractivity contribution in [3.63, 3.8) is 0 Å². The number of halogens is 3. The van der Waals surface area contributed by atoms with E-state index in [0.29, 0.717) is 18.9 Å². The van der Waals surface area contributed by atoms with Crippen molar-refractivity contribution < 1.29 is 26.3 Å². The number of hydrogen-bond acceptors (Lipinski definition) is 3. The summed E-state index contributed by atoms with van der Waals surface area (Å²) in [5.41, 5.74) is -1.12. The van der Waals surface area contributed by atoms with Gasteiger partial charge in [0.2, 0.25) is 10.0 Å². The highest BCUT2D eigenvalue weighted by Crippen LogP contribution is 2.39. The summed E-state index contributed by atoms with van der Waals surface area (Å²) in [6.45, 7) is 0. The van der Waals surface area contributed by atoms with E-state index < -0.39 is 26.7 Å². The molecule has 2 N–H and O–H groups in total. The number of primary sulfonamides is 1. The van der Waals surface area contributed by atoms with Gasteiger partial charge in [0.05, 0.1) is 16.6 Å². The van der Waals surface area contributed by atoms with Crippen LogP contribution >= 0.6 is 0 Å². The summed E-state index contributed by atoms with van der Waals surface area (Å²) in [5, 5.41) is 4.80. The Morgan fingerprint density at radius 2 is 1.89 bits per heavy atom. The third-order valence-electron chi connectivity index (χ3n) is 2.40. The minimum atomic E-state index is -4.69. The van der Waals surface area contributed by atoms with Crippen LogP contribution in [0.4, 0.5) is 13.2 Å². The summed E-state index contributed by atoms with van der Waals surface area (Å²) < 4.78 is 65.5. The SMILES string of the molecule is NS(=O)(=O)c1ccc(OC2CC2)c(C(F)(F)F)c1. The zero-order chi connectivity index (χ0) is 13.6. The first-order valence-electron chi connectivity index (χ1n) is 5.08. The molecule has 0 radical (unpaired) electrons. The van der Waals surface area contributed by atoms with Gasteiger partial charge in [-0.2, -0.15) is 13.2 Å². The van der Waals surface area contributed by atoms with Gasteiger partial charge in [-0.05, 0) is 31.0 Å².